The van der Waals surface area contributed by atoms with Crippen molar-refractivity contribution < 1.29 is 19.4 Å². The number of carboxylic acids is 1. The molecule has 1 unspecified atom stereocenters. The molecule has 0 amide bonds. The van der Waals surface area contributed by atoms with E-state index in [0.717, 1.165) is 24.8 Å². The highest BCUT2D eigenvalue weighted by atomic mass is 16.5. The van der Waals surface area contributed by atoms with Gasteiger partial charge in [-0.25, -0.2) is 0 Å². The molecular formula is C19H30N2O4. The maximum atomic E-state index is 12.6. The molecule has 0 radical (unpaired) electrons. The van der Waals surface area contributed by atoms with Gasteiger partial charge in [0, 0.05) is 12.4 Å². The number of aryl methyl sites for hydroxylation is 1. The van der Waals surface area contributed by atoms with Crippen molar-refractivity contribution >= 4 is 11.9 Å². The van der Waals surface area contributed by atoms with E-state index in [1.807, 2.05) is 12.1 Å². The van der Waals surface area contributed by atoms with Crippen LogP contribution >= 0.6 is 0 Å². The average Bonchev–Trinajstić information content (AvgIpc) is 2.62. The zero-order valence-corrected chi connectivity index (χ0v) is 15.2. The third kappa shape index (κ3) is 6.12. The van der Waals surface area contributed by atoms with E-state index >= 15 is 0 Å². The fraction of sp³-hybridized carbons (Fsp3) is 0.632. The van der Waals surface area contributed by atoms with Crippen molar-refractivity contribution in [2.45, 2.75) is 64.9 Å². The summed E-state index contributed by atoms with van der Waals surface area (Å²) < 4.78 is 5.65. The lowest BCUT2D eigenvalue weighted by Crippen LogP contribution is -2.41. The number of hydrogen-bond donors (Lipinski definition) is 2. The summed E-state index contributed by atoms with van der Waals surface area (Å²) in [6.45, 7) is 4.00. The monoisotopic (exact) mass is 350 g/mol. The van der Waals surface area contributed by atoms with Crippen LogP contribution in [0.25, 0.3) is 0 Å². The molecule has 1 rings (SSSR count). The van der Waals surface area contributed by atoms with Gasteiger partial charge in [0.05, 0.1) is 0 Å². The minimum atomic E-state index is -1.46. The SMILES string of the molecule is CCC(CC)(C(=O)O)C(=O)OC(CCCCN)CCc1cccnc1. The molecule has 140 valence electrons. The first-order valence-electron chi connectivity index (χ1n) is 9.03. The van der Waals surface area contributed by atoms with E-state index < -0.39 is 17.4 Å². The molecule has 0 aliphatic rings. The van der Waals surface area contributed by atoms with E-state index in [2.05, 4.69) is 4.98 Å². The molecule has 1 aromatic rings. The lowest BCUT2D eigenvalue weighted by Gasteiger charge is -2.27. The van der Waals surface area contributed by atoms with Crippen LogP contribution in [0, 0.1) is 5.41 Å². The van der Waals surface area contributed by atoms with E-state index in [1.54, 1.807) is 26.2 Å². The number of nitrogens with two attached hydrogens (primary N) is 1. The predicted molar refractivity (Wildman–Crippen MR) is 96.0 cm³/mol. The summed E-state index contributed by atoms with van der Waals surface area (Å²) in [7, 11) is 0. The van der Waals surface area contributed by atoms with Crippen LogP contribution in [0.2, 0.25) is 0 Å². The summed E-state index contributed by atoms with van der Waals surface area (Å²) in [5.41, 5.74) is 5.15. The lowest BCUT2D eigenvalue weighted by atomic mass is 9.82. The molecule has 1 heterocycles. The van der Waals surface area contributed by atoms with Crippen LogP contribution in [0.15, 0.2) is 24.5 Å². The standard InChI is InChI=1S/C19H30N2O4/c1-3-19(4-2,17(22)23)18(24)25-16(9-5-6-12-20)11-10-15-8-7-13-21-14-15/h7-8,13-14,16H,3-6,9-12,20H2,1-2H3,(H,22,23). The molecule has 3 N–H and O–H groups in total. The van der Waals surface area contributed by atoms with Crippen molar-refractivity contribution in [3.63, 3.8) is 0 Å². The molecule has 0 aliphatic carbocycles. The van der Waals surface area contributed by atoms with Crippen molar-refractivity contribution in [1.82, 2.24) is 4.98 Å². The third-order valence-electron chi connectivity index (χ3n) is 4.74. The third-order valence-corrected chi connectivity index (χ3v) is 4.74. The van der Waals surface area contributed by atoms with E-state index in [-0.39, 0.29) is 18.9 Å². The van der Waals surface area contributed by atoms with Crippen molar-refractivity contribution in [3.8, 4) is 0 Å². The van der Waals surface area contributed by atoms with E-state index in [0.29, 0.717) is 19.4 Å². The number of carbonyl (C=O) groups excluding carboxylic acids is 1. The van der Waals surface area contributed by atoms with Crippen LogP contribution in [0.4, 0.5) is 0 Å². The Bertz CT molecular complexity index is 529. The van der Waals surface area contributed by atoms with E-state index in [9.17, 15) is 14.7 Å². The van der Waals surface area contributed by atoms with Crippen molar-refractivity contribution in [2.24, 2.45) is 11.1 Å². The zero-order valence-electron chi connectivity index (χ0n) is 15.2. The van der Waals surface area contributed by atoms with Crippen molar-refractivity contribution in [2.75, 3.05) is 6.54 Å². The van der Waals surface area contributed by atoms with Gasteiger partial charge in [-0.05, 0) is 63.1 Å². The number of pyridine rings is 1. The molecule has 0 saturated heterocycles. The molecule has 6 heteroatoms. The minimum absolute atomic E-state index is 0.218. The highest BCUT2D eigenvalue weighted by Gasteiger charge is 2.45. The fourth-order valence-electron chi connectivity index (χ4n) is 2.84. The van der Waals surface area contributed by atoms with Gasteiger partial charge in [0.1, 0.15) is 6.10 Å². The molecule has 1 atom stereocenters. The number of carbonyl (C=O) groups is 2. The Labute approximate surface area is 149 Å². The molecule has 0 bridgehead atoms. The summed E-state index contributed by atoms with van der Waals surface area (Å²) in [6, 6.07) is 3.85. The maximum absolute atomic E-state index is 12.6. The highest BCUT2D eigenvalue weighted by molar-refractivity contribution is 5.99. The van der Waals surface area contributed by atoms with Crippen LogP contribution in [-0.2, 0) is 20.7 Å². The van der Waals surface area contributed by atoms with Gasteiger partial charge in [-0.3, -0.25) is 14.6 Å². The van der Waals surface area contributed by atoms with Crippen molar-refractivity contribution in [1.29, 1.82) is 0 Å². The predicted octanol–water partition coefficient (Wildman–Crippen LogP) is 2.95. The molecule has 0 aromatic carbocycles. The van der Waals surface area contributed by atoms with Gasteiger partial charge in [0.15, 0.2) is 5.41 Å². The second-order valence-corrected chi connectivity index (χ2v) is 6.31. The van der Waals surface area contributed by atoms with Crippen LogP contribution in [0.1, 0.15) is 57.9 Å². The van der Waals surface area contributed by atoms with Gasteiger partial charge < -0.3 is 15.6 Å². The zero-order chi connectivity index (χ0) is 18.7. The molecule has 1 aromatic heterocycles. The Morgan fingerprint density at radius 2 is 2.00 bits per heavy atom. The first kappa shape index (κ1) is 21.1. The normalized spacial score (nSPS) is 12.6. The summed E-state index contributed by atoms with van der Waals surface area (Å²) in [5.74, 6) is -1.75. The van der Waals surface area contributed by atoms with Gasteiger partial charge in [0.25, 0.3) is 0 Å². The summed E-state index contributed by atoms with van der Waals surface area (Å²) in [6.07, 6.45) is 7.39. The first-order chi connectivity index (χ1) is 12.0. The number of esters is 1. The van der Waals surface area contributed by atoms with Crippen LogP contribution < -0.4 is 5.73 Å². The van der Waals surface area contributed by atoms with Gasteiger partial charge in [-0.1, -0.05) is 19.9 Å². The van der Waals surface area contributed by atoms with Gasteiger partial charge >= 0.3 is 11.9 Å². The largest absolute Gasteiger partial charge is 0.480 e. The molecule has 0 saturated carbocycles. The number of nitrogens with zero attached hydrogens (tertiary/aromatic N) is 1. The number of unbranched alkanes of at least 4 members (excludes halogenated alkanes) is 1. The number of ether oxygens (including phenoxy) is 1. The Hall–Kier alpha value is -1.95. The molecule has 6 nitrogen and oxygen atoms in total. The average molecular weight is 350 g/mol. The molecule has 0 spiro atoms. The van der Waals surface area contributed by atoms with Crippen LogP contribution in [0.3, 0.4) is 0 Å². The summed E-state index contributed by atoms with van der Waals surface area (Å²) >= 11 is 0. The second-order valence-electron chi connectivity index (χ2n) is 6.31. The molecular weight excluding hydrogens is 320 g/mol. The second kappa shape index (κ2) is 10.8. The number of aliphatic carboxylic acids is 1. The van der Waals surface area contributed by atoms with E-state index in [1.165, 1.54) is 0 Å². The fourth-order valence-corrected chi connectivity index (χ4v) is 2.84. The quantitative estimate of drug-likeness (QED) is 0.341. The smallest absolute Gasteiger partial charge is 0.323 e. The van der Waals surface area contributed by atoms with Gasteiger partial charge in [-0.2, -0.15) is 0 Å². The summed E-state index contributed by atoms with van der Waals surface area (Å²) in [4.78, 5) is 28.3. The Morgan fingerprint density at radius 3 is 2.52 bits per heavy atom. The lowest BCUT2D eigenvalue weighted by molar-refractivity contribution is -0.173. The highest BCUT2D eigenvalue weighted by Crippen LogP contribution is 2.30. The number of carboxylic acid groups (broad SMARTS) is 1. The number of hydrogen-bond acceptors (Lipinski definition) is 5. The van der Waals surface area contributed by atoms with Crippen LogP contribution in [-0.4, -0.2) is 34.7 Å². The maximum Gasteiger partial charge on any atom is 0.323 e. The van der Waals surface area contributed by atoms with Crippen LogP contribution in [0.5, 0.6) is 0 Å². The van der Waals surface area contributed by atoms with Gasteiger partial charge in [0.2, 0.25) is 0 Å². The van der Waals surface area contributed by atoms with Gasteiger partial charge in [-0.15, -0.1) is 0 Å². The minimum Gasteiger partial charge on any atom is -0.480 e. The first-order valence-corrected chi connectivity index (χ1v) is 9.03. The Morgan fingerprint density at radius 1 is 1.28 bits per heavy atom. The van der Waals surface area contributed by atoms with E-state index in [4.69, 9.17) is 10.5 Å². The number of rotatable bonds is 12. The Kier molecular flexibility index (Phi) is 9.13. The number of aromatic nitrogens is 1. The topological polar surface area (TPSA) is 103 Å². The molecule has 0 fully saturated rings. The summed E-state index contributed by atoms with van der Waals surface area (Å²) in [5, 5.41) is 9.50. The van der Waals surface area contributed by atoms with Crippen molar-refractivity contribution in [3.05, 3.63) is 30.1 Å². The Balaban J connectivity index is 2.77. The molecule has 0 aliphatic heterocycles. The molecule has 25 heavy (non-hydrogen) atoms.